The lowest BCUT2D eigenvalue weighted by molar-refractivity contribution is 0.102. The van der Waals surface area contributed by atoms with Crippen LogP contribution in [-0.4, -0.2) is 44.8 Å². The smallest absolute Gasteiger partial charge is 0.263 e. The lowest BCUT2D eigenvalue weighted by atomic mass is 9.96. The second-order valence-corrected chi connectivity index (χ2v) is 8.67. The first-order valence-corrected chi connectivity index (χ1v) is 10.8. The van der Waals surface area contributed by atoms with E-state index >= 15 is 0 Å². The zero-order valence-electron chi connectivity index (χ0n) is 18.5. The number of pyridine rings is 2. The third-order valence-electron chi connectivity index (χ3n) is 5.90. The predicted molar refractivity (Wildman–Crippen MR) is 127 cm³/mol. The number of amides is 1. The summed E-state index contributed by atoms with van der Waals surface area (Å²) in [4.78, 5) is 24.1. The second kappa shape index (κ2) is 8.21. The first-order valence-electron chi connectivity index (χ1n) is 10.8. The van der Waals surface area contributed by atoms with Gasteiger partial charge in [0.05, 0.1) is 23.8 Å². The molecule has 5 N–H and O–H groups in total. The van der Waals surface area contributed by atoms with E-state index < -0.39 is 5.91 Å². The number of aryl methyl sites for hydroxylation is 1. The van der Waals surface area contributed by atoms with Gasteiger partial charge in [0.2, 0.25) is 5.88 Å². The van der Waals surface area contributed by atoms with Crippen molar-refractivity contribution in [3.05, 3.63) is 48.7 Å². The van der Waals surface area contributed by atoms with E-state index in [1.807, 2.05) is 19.3 Å². The minimum absolute atomic E-state index is 0.0115. The van der Waals surface area contributed by atoms with Crippen molar-refractivity contribution < 1.29 is 9.21 Å². The van der Waals surface area contributed by atoms with Crippen LogP contribution in [0.2, 0.25) is 0 Å². The maximum absolute atomic E-state index is 13.3. The normalized spacial score (nSPS) is 18.6. The zero-order valence-corrected chi connectivity index (χ0v) is 18.5. The number of nitrogens with one attached hydrogen (secondary N) is 1. The number of nitrogens with two attached hydrogens (primary N) is 2. The van der Waals surface area contributed by atoms with Crippen LogP contribution in [0.4, 0.5) is 17.3 Å². The van der Waals surface area contributed by atoms with Crippen LogP contribution in [0.25, 0.3) is 22.2 Å². The fraction of sp³-hybridized carbons (Fsp3) is 0.304. The summed E-state index contributed by atoms with van der Waals surface area (Å²) in [6.45, 7) is 3.75. The second-order valence-electron chi connectivity index (χ2n) is 8.67. The van der Waals surface area contributed by atoms with Crippen LogP contribution in [0.1, 0.15) is 23.7 Å². The van der Waals surface area contributed by atoms with Crippen molar-refractivity contribution in [1.29, 1.82) is 0 Å². The molecular formula is C23H26N8O2. The van der Waals surface area contributed by atoms with Crippen molar-refractivity contribution >= 4 is 34.3 Å². The van der Waals surface area contributed by atoms with Gasteiger partial charge < -0.3 is 26.1 Å². The lowest BCUT2D eigenvalue weighted by Gasteiger charge is -2.37. The van der Waals surface area contributed by atoms with Gasteiger partial charge in [-0.3, -0.25) is 19.4 Å². The maximum atomic E-state index is 13.3. The van der Waals surface area contributed by atoms with E-state index in [2.05, 4.69) is 32.2 Å². The van der Waals surface area contributed by atoms with Gasteiger partial charge in [-0.25, -0.2) is 0 Å². The number of nitrogens with zero attached hydrogens (tertiary/aromatic N) is 5. The molecule has 1 aliphatic rings. The molecule has 0 aromatic carbocycles. The van der Waals surface area contributed by atoms with E-state index in [0.717, 1.165) is 29.8 Å². The summed E-state index contributed by atoms with van der Waals surface area (Å²) < 4.78 is 7.39. The van der Waals surface area contributed by atoms with Crippen molar-refractivity contribution in [2.24, 2.45) is 18.7 Å². The minimum atomic E-state index is -0.406. The van der Waals surface area contributed by atoms with Crippen LogP contribution in [0.3, 0.4) is 0 Å². The SMILES string of the molecule is C[C@@H]1C[C@H](N)CN(c2ccncc2NC(=O)c2c(N)oc3cc(-c4cnn(C)c4)cnc23)C1. The Morgan fingerprint density at radius 1 is 1.24 bits per heavy atom. The molecule has 10 nitrogen and oxygen atoms in total. The molecule has 33 heavy (non-hydrogen) atoms. The molecule has 1 saturated heterocycles. The van der Waals surface area contributed by atoms with E-state index in [9.17, 15) is 4.79 Å². The molecule has 1 fully saturated rings. The Balaban J connectivity index is 1.45. The molecule has 4 aromatic rings. The molecule has 2 atom stereocenters. The monoisotopic (exact) mass is 446 g/mol. The van der Waals surface area contributed by atoms with Crippen LogP contribution in [0.15, 0.2) is 47.5 Å². The summed E-state index contributed by atoms with van der Waals surface area (Å²) in [5.41, 5.74) is 16.5. The average molecular weight is 447 g/mol. The Kier molecular flexibility index (Phi) is 5.21. The molecule has 0 saturated carbocycles. The van der Waals surface area contributed by atoms with Gasteiger partial charge in [-0.2, -0.15) is 5.10 Å². The average Bonchev–Trinajstić information content (AvgIpc) is 3.35. The number of fused-ring (bicyclic) bond motifs is 1. The molecule has 170 valence electrons. The number of nitrogen functional groups attached to an aromatic ring is 1. The van der Waals surface area contributed by atoms with Crippen molar-refractivity contribution in [3.63, 3.8) is 0 Å². The Morgan fingerprint density at radius 3 is 2.85 bits per heavy atom. The van der Waals surface area contributed by atoms with Gasteiger partial charge in [-0.1, -0.05) is 6.92 Å². The van der Waals surface area contributed by atoms with Crippen LogP contribution in [-0.2, 0) is 7.05 Å². The molecular weight excluding hydrogens is 420 g/mol. The Bertz CT molecular complexity index is 1320. The van der Waals surface area contributed by atoms with Gasteiger partial charge in [-0.05, 0) is 24.5 Å². The molecule has 10 heteroatoms. The van der Waals surface area contributed by atoms with Crippen LogP contribution < -0.4 is 21.7 Å². The topological polar surface area (TPSA) is 141 Å². The first-order chi connectivity index (χ1) is 15.9. The Labute approximate surface area is 190 Å². The van der Waals surface area contributed by atoms with Gasteiger partial charge in [0, 0.05) is 55.9 Å². The summed E-state index contributed by atoms with van der Waals surface area (Å²) >= 11 is 0. The standard InChI is InChI=1S/C23H26N8O2/c1-13-5-16(24)12-31(10-13)18-3-4-26-9-17(18)29-23(32)20-21-19(33-22(20)25)6-14(7-27-21)15-8-28-30(2)11-15/h3-4,6-9,11,13,16H,5,10,12,24-25H2,1-2H3,(H,29,32)/t13-,16+/m1/s1. The van der Waals surface area contributed by atoms with E-state index in [0.29, 0.717) is 29.2 Å². The molecule has 1 amide bonds. The number of hydrogen-bond acceptors (Lipinski definition) is 8. The highest BCUT2D eigenvalue weighted by Crippen LogP contribution is 2.33. The van der Waals surface area contributed by atoms with Crippen LogP contribution >= 0.6 is 0 Å². The molecule has 0 unspecified atom stereocenters. The fourth-order valence-corrected chi connectivity index (χ4v) is 4.48. The van der Waals surface area contributed by atoms with Crippen molar-refractivity contribution in [2.45, 2.75) is 19.4 Å². The van der Waals surface area contributed by atoms with Crippen molar-refractivity contribution in [1.82, 2.24) is 19.7 Å². The molecule has 0 aliphatic carbocycles. The first kappa shape index (κ1) is 21.0. The highest BCUT2D eigenvalue weighted by atomic mass is 16.3. The van der Waals surface area contributed by atoms with E-state index in [4.69, 9.17) is 15.9 Å². The minimum Gasteiger partial charge on any atom is -0.438 e. The quantitative estimate of drug-likeness (QED) is 0.434. The Morgan fingerprint density at radius 2 is 2.09 bits per heavy atom. The van der Waals surface area contributed by atoms with Gasteiger partial charge >= 0.3 is 0 Å². The number of carbonyl (C=O) groups is 1. The van der Waals surface area contributed by atoms with Gasteiger partial charge in [0.15, 0.2) is 5.58 Å². The molecule has 0 bridgehead atoms. The molecule has 4 aromatic heterocycles. The van der Waals surface area contributed by atoms with Gasteiger partial charge in [-0.15, -0.1) is 0 Å². The highest BCUT2D eigenvalue weighted by molar-refractivity contribution is 6.15. The van der Waals surface area contributed by atoms with Crippen LogP contribution in [0.5, 0.6) is 0 Å². The van der Waals surface area contributed by atoms with Gasteiger partial charge in [0.1, 0.15) is 11.1 Å². The van der Waals surface area contributed by atoms with Gasteiger partial charge in [0.25, 0.3) is 5.91 Å². The molecule has 5 rings (SSSR count). The number of piperidine rings is 1. The summed E-state index contributed by atoms with van der Waals surface area (Å²) in [7, 11) is 1.84. The maximum Gasteiger partial charge on any atom is 0.263 e. The number of hydrogen-bond donors (Lipinski definition) is 3. The van der Waals surface area contributed by atoms with Crippen molar-refractivity contribution in [2.75, 3.05) is 29.0 Å². The third-order valence-corrected chi connectivity index (χ3v) is 5.90. The molecule has 0 spiro atoms. The van der Waals surface area contributed by atoms with Crippen molar-refractivity contribution in [3.8, 4) is 11.1 Å². The summed E-state index contributed by atoms with van der Waals surface area (Å²) in [6.07, 6.45) is 9.61. The number of anilines is 3. The van der Waals surface area contributed by atoms with Crippen LogP contribution in [0, 0.1) is 5.92 Å². The largest absolute Gasteiger partial charge is 0.438 e. The predicted octanol–water partition coefficient (Wildman–Crippen LogP) is 2.63. The molecule has 5 heterocycles. The zero-order chi connectivity index (χ0) is 23.1. The Hall–Kier alpha value is -3.92. The molecule has 1 aliphatic heterocycles. The third kappa shape index (κ3) is 4.00. The fourth-order valence-electron chi connectivity index (χ4n) is 4.48. The number of rotatable bonds is 4. The molecule has 0 radical (unpaired) electrons. The van der Waals surface area contributed by atoms with E-state index in [1.165, 1.54) is 0 Å². The number of furan rings is 1. The summed E-state index contributed by atoms with van der Waals surface area (Å²) in [5.74, 6) is 0.0611. The number of carbonyl (C=O) groups excluding carboxylic acids is 1. The number of aromatic nitrogens is 4. The lowest BCUT2D eigenvalue weighted by Crippen LogP contribution is -2.46. The summed E-state index contributed by atoms with van der Waals surface area (Å²) in [5, 5.41) is 7.12. The van der Waals surface area contributed by atoms with E-state index in [1.54, 1.807) is 35.5 Å². The summed E-state index contributed by atoms with van der Waals surface area (Å²) in [6, 6.07) is 3.77. The highest BCUT2D eigenvalue weighted by Gasteiger charge is 2.26. The van der Waals surface area contributed by atoms with E-state index in [-0.39, 0.29) is 17.5 Å².